The minimum atomic E-state index is -3.58. The van der Waals surface area contributed by atoms with Gasteiger partial charge in [-0.05, 0) is 12.1 Å². The third-order valence-corrected chi connectivity index (χ3v) is 4.07. The van der Waals surface area contributed by atoms with Gasteiger partial charge in [0.2, 0.25) is 5.91 Å². The van der Waals surface area contributed by atoms with Gasteiger partial charge in [0, 0.05) is 18.2 Å². The number of nitrogens with zero attached hydrogens (tertiary/aromatic N) is 1. The van der Waals surface area contributed by atoms with Gasteiger partial charge < -0.3 is 14.8 Å². The Hall–Kier alpha value is -2.27. The average molecular weight is 312 g/mol. The van der Waals surface area contributed by atoms with E-state index in [0.29, 0.717) is 17.2 Å². The summed E-state index contributed by atoms with van der Waals surface area (Å²) >= 11 is 0. The van der Waals surface area contributed by atoms with Gasteiger partial charge in [-0.3, -0.25) is 4.79 Å². The third-order valence-electron chi connectivity index (χ3n) is 2.54. The van der Waals surface area contributed by atoms with Gasteiger partial charge in [0.1, 0.15) is 5.75 Å². The Balaban J connectivity index is 2.74. The lowest BCUT2D eigenvalue weighted by atomic mass is 10.2. The van der Waals surface area contributed by atoms with E-state index in [0.717, 1.165) is 0 Å². The quantitative estimate of drug-likeness (QED) is 0.804. The molecule has 0 unspecified atom stereocenters. The van der Waals surface area contributed by atoms with E-state index in [9.17, 15) is 13.2 Å². The molecule has 1 aromatic carbocycles. The molecule has 21 heavy (non-hydrogen) atoms. The van der Waals surface area contributed by atoms with Crippen molar-refractivity contribution in [3.8, 4) is 17.6 Å². The molecule has 0 aromatic heterocycles. The Morgan fingerprint density at radius 1 is 1.29 bits per heavy atom. The highest BCUT2D eigenvalue weighted by Gasteiger charge is 2.17. The lowest BCUT2D eigenvalue weighted by molar-refractivity contribution is -0.113. The van der Waals surface area contributed by atoms with Gasteiger partial charge in [-0.1, -0.05) is 0 Å². The second-order valence-electron chi connectivity index (χ2n) is 4.12. The minimum absolute atomic E-state index is 0.133. The van der Waals surface area contributed by atoms with Gasteiger partial charge in [0.15, 0.2) is 21.3 Å². The van der Waals surface area contributed by atoms with Gasteiger partial charge in [0.25, 0.3) is 0 Å². The average Bonchev–Trinajstić information content (AvgIpc) is 2.44. The number of nitriles is 1. The van der Waals surface area contributed by atoms with Gasteiger partial charge in [0.05, 0.1) is 26.0 Å². The molecule has 0 radical (unpaired) electrons. The highest BCUT2D eigenvalue weighted by atomic mass is 32.2. The summed E-state index contributed by atoms with van der Waals surface area (Å²) in [6.45, 7) is 0. The SMILES string of the molecule is COc1ccc(NC(=O)CS(=O)(=O)CCC#N)cc1OC. The van der Waals surface area contributed by atoms with Crippen LogP contribution in [0.2, 0.25) is 0 Å². The number of sulfone groups is 1. The van der Waals surface area contributed by atoms with E-state index in [1.807, 2.05) is 0 Å². The van der Waals surface area contributed by atoms with Crippen LogP contribution in [0.3, 0.4) is 0 Å². The molecule has 0 spiro atoms. The molecule has 0 atom stereocenters. The molecule has 7 nitrogen and oxygen atoms in total. The van der Waals surface area contributed by atoms with Crippen molar-refractivity contribution in [2.24, 2.45) is 0 Å². The molecule has 8 heteroatoms. The maximum absolute atomic E-state index is 11.7. The van der Waals surface area contributed by atoms with Gasteiger partial charge >= 0.3 is 0 Å². The third kappa shape index (κ3) is 5.31. The van der Waals surface area contributed by atoms with Crippen LogP contribution in [0.25, 0.3) is 0 Å². The van der Waals surface area contributed by atoms with Crippen LogP contribution in [0.5, 0.6) is 11.5 Å². The van der Waals surface area contributed by atoms with Crippen LogP contribution in [-0.2, 0) is 14.6 Å². The van der Waals surface area contributed by atoms with E-state index in [1.165, 1.54) is 20.3 Å². The summed E-state index contributed by atoms with van der Waals surface area (Å²) in [5.41, 5.74) is 0.396. The van der Waals surface area contributed by atoms with E-state index in [4.69, 9.17) is 14.7 Å². The monoisotopic (exact) mass is 312 g/mol. The lowest BCUT2D eigenvalue weighted by Gasteiger charge is -2.10. The topological polar surface area (TPSA) is 105 Å². The molecule has 114 valence electrons. The number of anilines is 1. The van der Waals surface area contributed by atoms with Crippen molar-refractivity contribution in [3.63, 3.8) is 0 Å². The Labute approximate surface area is 123 Å². The summed E-state index contributed by atoms with van der Waals surface area (Å²) in [6.07, 6.45) is -0.133. The maximum Gasteiger partial charge on any atom is 0.239 e. The number of amides is 1. The molecule has 0 fully saturated rings. The fourth-order valence-electron chi connectivity index (χ4n) is 1.58. The number of nitrogens with one attached hydrogen (secondary N) is 1. The summed E-state index contributed by atoms with van der Waals surface area (Å²) in [7, 11) is -0.644. The number of rotatable bonds is 7. The molecule has 0 aliphatic carbocycles. The predicted molar refractivity (Wildman–Crippen MR) is 77.1 cm³/mol. The van der Waals surface area contributed by atoms with Crippen LogP contribution in [0.4, 0.5) is 5.69 Å². The maximum atomic E-state index is 11.7. The van der Waals surface area contributed by atoms with E-state index >= 15 is 0 Å². The van der Waals surface area contributed by atoms with E-state index < -0.39 is 21.5 Å². The van der Waals surface area contributed by atoms with Crippen LogP contribution in [-0.4, -0.2) is 40.1 Å². The second kappa shape index (κ2) is 7.50. The van der Waals surface area contributed by atoms with Crippen LogP contribution < -0.4 is 14.8 Å². The normalized spacial score (nSPS) is 10.5. The van der Waals surface area contributed by atoms with Crippen molar-refractivity contribution in [2.45, 2.75) is 6.42 Å². The first-order valence-corrected chi connectivity index (χ1v) is 7.83. The van der Waals surface area contributed by atoms with Crippen molar-refractivity contribution in [1.29, 1.82) is 5.26 Å². The lowest BCUT2D eigenvalue weighted by Crippen LogP contribution is -2.24. The van der Waals surface area contributed by atoms with Gasteiger partial charge in [-0.2, -0.15) is 5.26 Å². The zero-order valence-corrected chi connectivity index (χ0v) is 12.6. The summed E-state index contributed by atoms with van der Waals surface area (Å²) in [5, 5.41) is 10.8. The number of hydrogen-bond acceptors (Lipinski definition) is 6. The van der Waals surface area contributed by atoms with Crippen molar-refractivity contribution in [1.82, 2.24) is 0 Å². The number of ether oxygens (including phenoxy) is 2. The van der Waals surface area contributed by atoms with E-state index in [2.05, 4.69) is 5.32 Å². The van der Waals surface area contributed by atoms with Crippen molar-refractivity contribution in [2.75, 3.05) is 31.0 Å². The largest absolute Gasteiger partial charge is 0.493 e. The van der Waals surface area contributed by atoms with Gasteiger partial charge in [-0.25, -0.2) is 8.42 Å². The second-order valence-corrected chi connectivity index (χ2v) is 6.30. The number of methoxy groups -OCH3 is 2. The molecule has 0 bridgehead atoms. The molecule has 1 aromatic rings. The first kappa shape index (κ1) is 16.8. The Bertz CT molecular complexity index is 649. The number of benzene rings is 1. The van der Waals surface area contributed by atoms with Crippen molar-refractivity contribution < 1.29 is 22.7 Å². The summed E-state index contributed by atoms with van der Waals surface area (Å²) in [5.74, 6) is -0.744. The molecular formula is C13H16N2O5S. The number of carbonyl (C=O) groups is 1. The van der Waals surface area contributed by atoms with Crippen LogP contribution in [0.1, 0.15) is 6.42 Å². The molecule has 0 aliphatic rings. The van der Waals surface area contributed by atoms with Crippen LogP contribution in [0.15, 0.2) is 18.2 Å². The Morgan fingerprint density at radius 3 is 2.52 bits per heavy atom. The number of hydrogen-bond donors (Lipinski definition) is 1. The molecule has 1 amide bonds. The molecule has 1 N–H and O–H groups in total. The van der Waals surface area contributed by atoms with Crippen molar-refractivity contribution in [3.05, 3.63) is 18.2 Å². The first-order chi connectivity index (χ1) is 9.91. The minimum Gasteiger partial charge on any atom is -0.493 e. The van der Waals surface area contributed by atoms with Crippen molar-refractivity contribution >= 4 is 21.4 Å². The highest BCUT2D eigenvalue weighted by molar-refractivity contribution is 7.92. The summed E-state index contributed by atoms with van der Waals surface area (Å²) in [6, 6.07) is 6.43. The zero-order valence-electron chi connectivity index (χ0n) is 11.8. The van der Waals surface area contributed by atoms with Crippen LogP contribution in [0, 0.1) is 11.3 Å². The molecule has 0 saturated carbocycles. The standard InChI is InChI=1S/C13H16N2O5S/c1-19-11-5-4-10(8-12(11)20-2)15-13(16)9-21(17,18)7-3-6-14/h4-5,8H,3,7,9H2,1-2H3,(H,15,16). The Kier molecular flexibility index (Phi) is 5.99. The first-order valence-electron chi connectivity index (χ1n) is 6.01. The Morgan fingerprint density at radius 2 is 1.95 bits per heavy atom. The molecule has 0 heterocycles. The summed E-state index contributed by atoms with van der Waals surface area (Å²) < 4.78 is 33.3. The predicted octanol–water partition coefficient (Wildman–Crippen LogP) is 0.971. The molecule has 1 rings (SSSR count). The highest BCUT2D eigenvalue weighted by Crippen LogP contribution is 2.29. The van der Waals surface area contributed by atoms with E-state index in [1.54, 1.807) is 18.2 Å². The van der Waals surface area contributed by atoms with Gasteiger partial charge in [-0.15, -0.1) is 0 Å². The molecule has 0 saturated heterocycles. The smallest absolute Gasteiger partial charge is 0.239 e. The number of carbonyl (C=O) groups excluding carboxylic acids is 1. The molecular weight excluding hydrogens is 296 g/mol. The molecule has 0 aliphatic heterocycles. The fraction of sp³-hybridized carbons (Fsp3) is 0.385. The zero-order chi connectivity index (χ0) is 15.9. The van der Waals surface area contributed by atoms with E-state index in [-0.39, 0.29) is 12.2 Å². The fourth-order valence-corrected chi connectivity index (χ4v) is 2.60. The van der Waals surface area contributed by atoms with Crippen LogP contribution >= 0.6 is 0 Å². The summed E-state index contributed by atoms with van der Waals surface area (Å²) in [4.78, 5) is 11.7.